The number of aromatic nitrogens is 2. The van der Waals surface area contributed by atoms with Gasteiger partial charge < -0.3 is 17.0 Å². The van der Waals surface area contributed by atoms with Crippen molar-refractivity contribution in [1.29, 1.82) is 0 Å². The van der Waals surface area contributed by atoms with Gasteiger partial charge in [0.15, 0.2) is 0 Å². The monoisotopic (exact) mass is 524 g/mol. The van der Waals surface area contributed by atoms with E-state index in [0.717, 1.165) is 25.9 Å². The third kappa shape index (κ3) is 4.56. The Labute approximate surface area is 208 Å². The molecule has 0 amide bonds. The van der Waals surface area contributed by atoms with Crippen molar-refractivity contribution in [2.45, 2.75) is 25.9 Å². The Hall–Kier alpha value is -2.33. The first-order chi connectivity index (χ1) is 15.2. The van der Waals surface area contributed by atoms with Crippen molar-refractivity contribution in [1.82, 2.24) is 4.57 Å². The van der Waals surface area contributed by atoms with Crippen LogP contribution in [0.5, 0.6) is 0 Å². The van der Waals surface area contributed by atoms with Crippen LogP contribution in [0.1, 0.15) is 11.1 Å². The summed E-state index contributed by atoms with van der Waals surface area (Å²) in [5.74, 6) is 0. The third-order valence-electron chi connectivity index (χ3n) is 5.96. The summed E-state index contributed by atoms with van der Waals surface area (Å²) in [6, 6.07) is 29.9. The van der Waals surface area contributed by atoms with Crippen LogP contribution in [0.4, 0.5) is 0 Å². The number of benzene rings is 4. The number of hydrogen-bond donors (Lipinski definition) is 0. The number of rotatable bonds is 6. The topological polar surface area (TPSA) is 8.81 Å². The van der Waals surface area contributed by atoms with Gasteiger partial charge in [-0.2, -0.15) is 0 Å². The summed E-state index contributed by atoms with van der Waals surface area (Å²) in [5, 5.41) is 6.31. The molecule has 0 saturated heterocycles. The standard InChI is InChI=1S/C27H23Cl2N2.BrH/c28-26-27(29)31(18-16-23-12-6-10-21-8-2-4-14-25(21)23)19-30(26)17-15-22-11-5-9-20-7-1-3-13-24(20)22;/h1-14,19H,15-18H2;1H/q+1;/p-1. The van der Waals surface area contributed by atoms with E-state index in [4.69, 9.17) is 23.2 Å². The highest BCUT2D eigenvalue weighted by atomic mass is 79.9. The Morgan fingerprint density at radius 1 is 0.656 bits per heavy atom. The van der Waals surface area contributed by atoms with E-state index >= 15 is 0 Å². The summed E-state index contributed by atoms with van der Waals surface area (Å²) >= 11 is 13.2. The summed E-state index contributed by atoms with van der Waals surface area (Å²) in [7, 11) is 0. The Kier molecular flexibility index (Phi) is 7.20. The normalized spacial score (nSPS) is 11.1. The average Bonchev–Trinajstić information content (AvgIpc) is 3.09. The molecule has 5 aromatic rings. The van der Waals surface area contributed by atoms with Crippen LogP contribution in [-0.4, -0.2) is 4.57 Å². The minimum Gasteiger partial charge on any atom is -1.00 e. The molecule has 162 valence electrons. The summed E-state index contributed by atoms with van der Waals surface area (Å²) in [6.07, 6.45) is 3.84. The second-order valence-electron chi connectivity index (χ2n) is 7.86. The van der Waals surface area contributed by atoms with Crippen LogP contribution in [0.25, 0.3) is 21.5 Å². The molecule has 1 heterocycles. The summed E-state index contributed by atoms with van der Waals surface area (Å²) in [6.45, 7) is 1.57. The molecular formula is C27H23BrCl2N2. The van der Waals surface area contributed by atoms with Gasteiger partial charge >= 0.3 is 0 Å². The maximum absolute atomic E-state index is 6.59. The van der Waals surface area contributed by atoms with Crippen molar-refractivity contribution in [2.24, 2.45) is 0 Å². The molecule has 1 aromatic heterocycles. The van der Waals surface area contributed by atoms with E-state index in [1.807, 2.05) is 6.33 Å². The second kappa shape index (κ2) is 10.1. The number of nitrogens with zero attached hydrogens (tertiary/aromatic N) is 2. The van der Waals surface area contributed by atoms with Crippen LogP contribution in [0.3, 0.4) is 0 Å². The molecule has 0 aliphatic carbocycles. The van der Waals surface area contributed by atoms with Crippen molar-refractivity contribution < 1.29 is 21.5 Å². The van der Waals surface area contributed by atoms with Gasteiger partial charge in [-0.1, -0.05) is 84.9 Å². The molecule has 32 heavy (non-hydrogen) atoms. The number of fused-ring (bicyclic) bond motifs is 2. The number of halogens is 3. The van der Waals surface area contributed by atoms with Gasteiger partial charge in [0.05, 0.1) is 13.1 Å². The highest BCUT2D eigenvalue weighted by Gasteiger charge is 2.20. The predicted octanol–water partition coefficient (Wildman–Crippen LogP) is 3.88. The fourth-order valence-corrected chi connectivity index (χ4v) is 4.79. The van der Waals surface area contributed by atoms with Gasteiger partial charge in [-0.3, -0.25) is 0 Å². The lowest BCUT2D eigenvalue weighted by molar-refractivity contribution is -0.693. The van der Waals surface area contributed by atoms with Gasteiger partial charge in [0, 0.05) is 12.8 Å². The van der Waals surface area contributed by atoms with E-state index in [9.17, 15) is 0 Å². The van der Waals surface area contributed by atoms with Crippen LogP contribution in [0, 0.1) is 0 Å². The largest absolute Gasteiger partial charge is 1.00 e. The minimum absolute atomic E-state index is 0. The first-order valence-corrected chi connectivity index (χ1v) is 11.3. The third-order valence-corrected chi connectivity index (χ3v) is 6.85. The van der Waals surface area contributed by atoms with Crippen LogP contribution in [0.15, 0.2) is 91.3 Å². The zero-order valence-electron chi connectivity index (χ0n) is 17.5. The molecule has 4 aromatic carbocycles. The van der Waals surface area contributed by atoms with Gasteiger partial charge in [-0.15, -0.1) is 0 Å². The summed E-state index contributed by atoms with van der Waals surface area (Å²) < 4.78 is 4.10. The number of aryl methyl sites for hydroxylation is 4. The molecule has 0 N–H and O–H groups in total. The maximum atomic E-state index is 6.59. The molecule has 0 spiro atoms. The fourth-order valence-electron chi connectivity index (χ4n) is 4.32. The lowest BCUT2D eigenvalue weighted by atomic mass is 10.0. The first kappa shape index (κ1) is 22.8. The molecule has 0 aliphatic heterocycles. The number of imidazole rings is 1. The van der Waals surface area contributed by atoms with Crippen molar-refractivity contribution in [2.75, 3.05) is 0 Å². The van der Waals surface area contributed by atoms with Crippen molar-refractivity contribution >= 4 is 44.7 Å². The van der Waals surface area contributed by atoms with Crippen molar-refractivity contribution in [3.05, 3.63) is 113 Å². The second-order valence-corrected chi connectivity index (χ2v) is 8.58. The van der Waals surface area contributed by atoms with Crippen LogP contribution in [-0.2, 0) is 25.9 Å². The Morgan fingerprint density at radius 2 is 1.19 bits per heavy atom. The molecule has 0 aliphatic rings. The molecule has 2 nitrogen and oxygen atoms in total. The van der Waals surface area contributed by atoms with E-state index in [1.54, 1.807) is 0 Å². The zero-order valence-corrected chi connectivity index (χ0v) is 20.6. The quantitative estimate of drug-likeness (QED) is 0.297. The average molecular weight is 526 g/mol. The molecule has 0 atom stereocenters. The maximum Gasteiger partial charge on any atom is 0.255 e. The van der Waals surface area contributed by atoms with Crippen LogP contribution >= 0.6 is 23.2 Å². The summed E-state index contributed by atoms with van der Waals surface area (Å²) in [4.78, 5) is 0. The van der Waals surface area contributed by atoms with Crippen molar-refractivity contribution in [3.63, 3.8) is 0 Å². The van der Waals surface area contributed by atoms with Gasteiger partial charge in [0.25, 0.3) is 10.3 Å². The predicted molar refractivity (Wildman–Crippen MR) is 130 cm³/mol. The number of hydrogen-bond acceptors (Lipinski definition) is 0. The van der Waals surface area contributed by atoms with E-state index in [1.165, 1.54) is 32.7 Å². The highest BCUT2D eigenvalue weighted by molar-refractivity contribution is 6.39. The van der Waals surface area contributed by atoms with Crippen molar-refractivity contribution in [3.8, 4) is 0 Å². The zero-order chi connectivity index (χ0) is 21.2. The molecule has 0 unspecified atom stereocenters. The van der Waals surface area contributed by atoms with E-state index < -0.39 is 0 Å². The first-order valence-electron chi connectivity index (χ1n) is 10.6. The van der Waals surface area contributed by atoms with Gasteiger partial charge in [0.2, 0.25) is 6.33 Å². The van der Waals surface area contributed by atoms with Gasteiger partial charge in [-0.25, -0.2) is 9.13 Å². The van der Waals surface area contributed by atoms with E-state index in [2.05, 4.69) is 94.1 Å². The molecular weight excluding hydrogens is 503 g/mol. The van der Waals surface area contributed by atoms with E-state index in [0.29, 0.717) is 10.3 Å². The summed E-state index contributed by atoms with van der Waals surface area (Å²) in [5.41, 5.74) is 2.64. The van der Waals surface area contributed by atoms with E-state index in [-0.39, 0.29) is 17.0 Å². The SMILES string of the molecule is Clc1c(Cl)[n+](CCc2cccc3ccccc23)cn1CCc1cccc2ccccc12.[Br-]. The Morgan fingerprint density at radius 3 is 1.81 bits per heavy atom. The minimum atomic E-state index is 0. The lowest BCUT2D eigenvalue weighted by Gasteiger charge is -2.05. The smallest absolute Gasteiger partial charge is 0.255 e. The lowest BCUT2D eigenvalue weighted by Crippen LogP contribution is -3.00. The van der Waals surface area contributed by atoms with Gasteiger partial charge in [0.1, 0.15) is 0 Å². The Bertz CT molecular complexity index is 1260. The molecule has 5 heteroatoms. The highest BCUT2D eigenvalue weighted by Crippen LogP contribution is 2.23. The molecule has 0 bridgehead atoms. The van der Waals surface area contributed by atoms with Gasteiger partial charge in [-0.05, 0) is 55.9 Å². The molecule has 0 radical (unpaired) electrons. The molecule has 0 saturated carbocycles. The fraction of sp³-hybridized carbons (Fsp3) is 0.148. The van der Waals surface area contributed by atoms with Crippen LogP contribution < -0.4 is 21.5 Å². The molecule has 5 rings (SSSR count). The Balaban J connectivity index is 0.00000245. The van der Waals surface area contributed by atoms with Crippen LogP contribution in [0.2, 0.25) is 10.3 Å². The molecule has 0 fully saturated rings.